The highest BCUT2D eigenvalue weighted by Gasteiger charge is 2.18. The maximum atomic E-state index is 2.44. The maximum absolute atomic E-state index is 2.44. The van der Waals surface area contributed by atoms with Crippen molar-refractivity contribution >= 4 is 0 Å². The molecule has 0 bridgehead atoms. The summed E-state index contributed by atoms with van der Waals surface area (Å²) in [6.07, 6.45) is 11.7. The van der Waals surface area contributed by atoms with Crippen molar-refractivity contribution in [3.63, 3.8) is 0 Å². The third-order valence-electron chi connectivity index (χ3n) is 3.60. The highest BCUT2D eigenvalue weighted by atomic mass is 14.2. The molecule has 0 unspecified atom stereocenters. The average molecular weight is 182 g/mol. The molecule has 0 aromatic heterocycles. The van der Waals surface area contributed by atoms with Crippen molar-refractivity contribution in [2.75, 3.05) is 0 Å². The van der Waals surface area contributed by atoms with E-state index in [2.05, 4.69) is 20.8 Å². The normalized spacial score (nSPS) is 27.0. The number of hydrogen-bond donors (Lipinski definition) is 0. The summed E-state index contributed by atoms with van der Waals surface area (Å²) in [5.74, 6) is 0.987. The van der Waals surface area contributed by atoms with Crippen LogP contribution in [0.15, 0.2) is 0 Å². The summed E-state index contributed by atoms with van der Waals surface area (Å²) in [6, 6.07) is 0. The molecular formula is C13H26. The van der Waals surface area contributed by atoms with Gasteiger partial charge in [0.05, 0.1) is 0 Å². The van der Waals surface area contributed by atoms with Gasteiger partial charge in [-0.05, 0) is 24.2 Å². The van der Waals surface area contributed by atoms with Gasteiger partial charge >= 0.3 is 0 Å². The van der Waals surface area contributed by atoms with E-state index in [1.165, 1.54) is 51.4 Å². The fraction of sp³-hybridized carbons (Fsp3) is 1.00. The molecule has 0 radical (unpaired) electrons. The Balaban J connectivity index is 2.33. The minimum absolute atomic E-state index is 0.626. The van der Waals surface area contributed by atoms with Gasteiger partial charge in [0.15, 0.2) is 0 Å². The molecule has 1 aliphatic rings. The van der Waals surface area contributed by atoms with Crippen LogP contribution < -0.4 is 0 Å². The van der Waals surface area contributed by atoms with E-state index in [-0.39, 0.29) is 0 Å². The monoisotopic (exact) mass is 182 g/mol. The zero-order valence-corrected chi connectivity index (χ0v) is 9.73. The van der Waals surface area contributed by atoms with Gasteiger partial charge < -0.3 is 0 Å². The molecule has 1 rings (SSSR count). The van der Waals surface area contributed by atoms with Crippen LogP contribution in [0.1, 0.15) is 72.1 Å². The third-order valence-corrected chi connectivity index (χ3v) is 3.60. The molecule has 78 valence electrons. The Labute approximate surface area is 84.1 Å². The van der Waals surface area contributed by atoms with Gasteiger partial charge in [-0.3, -0.25) is 0 Å². The van der Waals surface area contributed by atoms with Gasteiger partial charge in [0.1, 0.15) is 0 Å². The quantitative estimate of drug-likeness (QED) is 0.505. The third kappa shape index (κ3) is 4.69. The molecule has 0 amide bonds. The Morgan fingerprint density at radius 2 is 1.31 bits per heavy atom. The van der Waals surface area contributed by atoms with Crippen molar-refractivity contribution in [3.8, 4) is 0 Å². The molecule has 1 fully saturated rings. The molecule has 0 heterocycles. The Hall–Kier alpha value is 0. The highest BCUT2D eigenvalue weighted by Crippen LogP contribution is 2.32. The van der Waals surface area contributed by atoms with E-state index in [4.69, 9.17) is 0 Å². The van der Waals surface area contributed by atoms with E-state index < -0.39 is 0 Å². The summed E-state index contributed by atoms with van der Waals surface area (Å²) in [5, 5.41) is 0. The van der Waals surface area contributed by atoms with Gasteiger partial charge in [-0.15, -0.1) is 0 Å². The van der Waals surface area contributed by atoms with Crippen LogP contribution in [-0.4, -0.2) is 0 Å². The molecular weight excluding hydrogens is 156 g/mol. The van der Waals surface area contributed by atoms with Crippen LogP contribution in [0.5, 0.6) is 0 Å². The lowest BCUT2D eigenvalue weighted by atomic mass is 9.80. The van der Waals surface area contributed by atoms with Crippen LogP contribution in [0.3, 0.4) is 0 Å². The van der Waals surface area contributed by atoms with Gasteiger partial charge in [0.2, 0.25) is 0 Å². The Bertz CT molecular complexity index is 121. The minimum Gasteiger partial charge on any atom is -0.0625 e. The molecule has 0 aromatic rings. The summed E-state index contributed by atoms with van der Waals surface area (Å²) in [7, 11) is 0. The van der Waals surface area contributed by atoms with Crippen molar-refractivity contribution in [2.45, 2.75) is 72.1 Å². The summed E-state index contributed by atoms with van der Waals surface area (Å²) < 4.78 is 0. The second-order valence-electron chi connectivity index (χ2n) is 5.76. The number of hydrogen-bond acceptors (Lipinski definition) is 0. The van der Waals surface area contributed by atoms with Crippen molar-refractivity contribution in [1.82, 2.24) is 0 Å². The SMILES string of the molecule is CC1CCCCC(C)(C)CCCC1. The first-order valence-electron chi connectivity index (χ1n) is 6.10. The standard InChI is InChI=1S/C13H26/c1-12-8-4-6-10-13(2,3)11-7-5-9-12/h12H,4-11H2,1-3H3. The van der Waals surface area contributed by atoms with E-state index in [9.17, 15) is 0 Å². The minimum atomic E-state index is 0.626. The molecule has 0 N–H and O–H groups in total. The maximum Gasteiger partial charge on any atom is -0.0354 e. The zero-order valence-electron chi connectivity index (χ0n) is 9.73. The van der Waals surface area contributed by atoms with Gasteiger partial charge in [0.25, 0.3) is 0 Å². The Morgan fingerprint density at radius 1 is 0.846 bits per heavy atom. The van der Waals surface area contributed by atoms with Gasteiger partial charge in [0, 0.05) is 0 Å². The lowest BCUT2D eigenvalue weighted by molar-refractivity contribution is 0.264. The Kier molecular flexibility index (Phi) is 4.28. The van der Waals surface area contributed by atoms with E-state index in [0.29, 0.717) is 5.41 Å². The first kappa shape index (κ1) is 11.1. The largest absolute Gasteiger partial charge is 0.0625 e. The first-order valence-corrected chi connectivity index (χ1v) is 6.10. The second-order valence-corrected chi connectivity index (χ2v) is 5.76. The molecule has 13 heavy (non-hydrogen) atoms. The van der Waals surface area contributed by atoms with Crippen molar-refractivity contribution in [2.24, 2.45) is 11.3 Å². The zero-order chi connectivity index (χ0) is 9.73. The predicted molar refractivity (Wildman–Crippen MR) is 59.9 cm³/mol. The highest BCUT2D eigenvalue weighted by molar-refractivity contribution is 4.70. The summed E-state index contributed by atoms with van der Waals surface area (Å²) in [5.41, 5.74) is 0.626. The van der Waals surface area contributed by atoms with Crippen molar-refractivity contribution in [3.05, 3.63) is 0 Å². The van der Waals surface area contributed by atoms with Crippen LogP contribution in [0, 0.1) is 11.3 Å². The second kappa shape index (κ2) is 5.02. The Morgan fingerprint density at radius 3 is 1.77 bits per heavy atom. The van der Waals surface area contributed by atoms with Gasteiger partial charge in [-0.1, -0.05) is 59.3 Å². The van der Waals surface area contributed by atoms with Crippen LogP contribution in [0.4, 0.5) is 0 Å². The van der Waals surface area contributed by atoms with Crippen molar-refractivity contribution < 1.29 is 0 Å². The van der Waals surface area contributed by atoms with E-state index in [0.717, 1.165) is 5.92 Å². The molecule has 0 aromatic carbocycles. The van der Waals surface area contributed by atoms with Crippen LogP contribution in [0.2, 0.25) is 0 Å². The summed E-state index contributed by atoms with van der Waals surface area (Å²) in [6.45, 7) is 7.31. The molecule has 0 saturated heterocycles. The molecule has 0 nitrogen and oxygen atoms in total. The molecule has 0 atom stereocenters. The predicted octanol–water partition coefficient (Wildman–Crippen LogP) is 4.78. The van der Waals surface area contributed by atoms with Crippen LogP contribution in [-0.2, 0) is 0 Å². The molecule has 0 heteroatoms. The summed E-state index contributed by atoms with van der Waals surface area (Å²) >= 11 is 0. The number of rotatable bonds is 0. The van der Waals surface area contributed by atoms with E-state index >= 15 is 0 Å². The summed E-state index contributed by atoms with van der Waals surface area (Å²) in [4.78, 5) is 0. The van der Waals surface area contributed by atoms with E-state index in [1.54, 1.807) is 0 Å². The van der Waals surface area contributed by atoms with Crippen molar-refractivity contribution in [1.29, 1.82) is 0 Å². The van der Waals surface area contributed by atoms with Gasteiger partial charge in [-0.25, -0.2) is 0 Å². The van der Waals surface area contributed by atoms with Gasteiger partial charge in [-0.2, -0.15) is 0 Å². The van der Waals surface area contributed by atoms with Crippen LogP contribution >= 0.6 is 0 Å². The molecule has 0 aliphatic heterocycles. The fourth-order valence-corrected chi connectivity index (χ4v) is 2.46. The molecule has 0 spiro atoms. The molecule has 1 saturated carbocycles. The average Bonchev–Trinajstić information content (AvgIpc) is 2.06. The molecule has 1 aliphatic carbocycles. The smallest absolute Gasteiger partial charge is 0.0354 e. The van der Waals surface area contributed by atoms with Crippen LogP contribution in [0.25, 0.3) is 0 Å². The lowest BCUT2D eigenvalue weighted by Gasteiger charge is -2.26. The van der Waals surface area contributed by atoms with E-state index in [1.807, 2.05) is 0 Å². The first-order chi connectivity index (χ1) is 6.10. The topological polar surface area (TPSA) is 0 Å². The fourth-order valence-electron chi connectivity index (χ4n) is 2.46. The lowest BCUT2D eigenvalue weighted by Crippen LogP contribution is -2.12.